The molecule has 16 heavy (non-hydrogen) atoms. The Labute approximate surface area is 95.6 Å². The van der Waals surface area contributed by atoms with E-state index in [0.29, 0.717) is 30.7 Å². The van der Waals surface area contributed by atoms with Crippen molar-refractivity contribution >= 4 is 11.9 Å². The third-order valence-corrected chi connectivity index (χ3v) is 3.83. The number of hydrogen-bond donors (Lipinski definition) is 1. The number of likely N-dealkylation sites (tertiary alicyclic amines) is 1. The molecule has 4 nitrogen and oxygen atoms in total. The second-order valence-corrected chi connectivity index (χ2v) is 4.96. The molecule has 2 rings (SSSR count). The Hall–Kier alpha value is -1.06. The molecule has 0 unspecified atom stereocenters. The minimum absolute atomic E-state index is 0.292. The number of rotatable bonds is 3. The maximum atomic E-state index is 11.6. The Kier molecular flexibility index (Phi) is 3.46. The van der Waals surface area contributed by atoms with Gasteiger partial charge in [-0.15, -0.1) is 0 Å². The van der Waals surface area contributed by atoms with Crippen LogP contribution >= 0.6 is 0 Å². The largest absolute Gasteiger partial charge is 0.481 e. The van der Waals surface area contributed by atoms with Crippen molar-refractivity contribution in [1.29, 1.82) is 0 Å². The molecule has 0 spiro atoms. The number of amides is 1. The average Bonchev–Trinajstić information content (AvgIpc) is 2.65. The van der Waals surface area contributed by atoms with Crippen LogP contribution in [0.25, 0.3) is 0 Å². The smallest absolute Gasteiger partial charge is 0.303 e. The summed E-state index contributed by atoms with van der Waals surface area (Å²) in [5.74, 6) is -0.0751. The molecule has 1 N–H and O–H groups in total. The molecule has 90 valence electrons. The third-order valence-electron chi connectivity index (χ3n) is 3.83. The van der Waals surface area contributed by atoms with Crippen LogP contribution in [0, 0.1) is 5.92 Å². The first-order chi connectivity index (χ1) is 7.66. The molecule has 0 radical (unpaired) electrons. The minimum atomic E-state index is -0.694. The van der Waals surface area contributed by atoms with Crippen LogP contribution in [0.3, 0.4) is 0 Å². The lowest BCUT2D eigenvalue weighted by atomic mass is 9.83. The highest BCUT2D eigenvalue weighted by Gasteiger charge is 2.31. The van der Waals surface area contributed by atoms with E-state index < -0.39 is 5.97 Å². The summed E-state index contributed by atoms with van der Waals surface area (Å²) >= 11 is 0. The summed E-state index contributed by atoms with van der Waals surface area (Å²) in [5, 5.41) is 8.72. The van der Waals surface area contributed by atoms with E-state index in [9.17, 15) is 9.59 Å². The molecule has 1 aliphatic heterocycles. The number of carbonyl (C=O) groups excluding carboxylic acids is 1. The number of hydrogen-bond acceptors (Lipinski definition) is 2. The van der Waals surface area contributed by atoms with Gasteiger partial charge in [0.25, 0.3) is 0 Å². The maximum Gasteiger partial charge on any atom is 0.303 e. The van der Waals surface area contributed by atoms with Crippen LogP contribution in [0.4, 0.5) is 0 Å². The molecule has 0 aromatic heterocycles. The molecule has 1 aliphatic carbocycles. The molecule has 4 heteroatoms. The van der Waals surface area contributed by atoms with Crippen LogP contribution in [0.2, 0.25) is 0 Å². The van der Waals surface area contributed by atoms with Gasteiger partial charge in [-0.3, -0.25) is 9.59 Å². The normalized spacial score (nSPS) is 30.8. The fourth-order valence-electron chi connectivity index (χ4n) is 2.96. The van der Waals surface area contributed by atoms with E-state index >= 15 is 0 Å². The van der Waals surface area contributed by atoms with Gasteiger partial charge in [-0.1, -0.05) is 0 Å². The molecule has 1 amide bonds. The Bertz CT molecular complexity index is 282. The molecule has 1 saturated carbocycles. The molecular formula is C12H19NO3. The monoisotopic (exact) mass is 225 g/mol. The fourth-order valence-corrected chi connectivity index (χ4v) is 2.96. The lowest BCUT2D eigenvalue weighted by Crippen LogP contribution is -2.39. The molecule has 0 atom stereocenters. The maximum absolute atomic E-state index is 11.6. The molecule has 0 bridgehead atoms. The van der Waals surface area contributed by atoms with E-state index in [2.05, 4.69) is 0 Å². The van der Waals surface area contributed by atoms with Crippen molar-refractivity contribution in [1.82, 2.24) is 4.90 Å². The number of carbonyl (C=O) groups is 2. The summed E-state index contributed by atoms with van der Waals surface area (Å²) in [4.78, 5) is 24.2. The Balaban J connectivity index is 1.80. The first kappa shape index (κ1) is 11.4. The summed E-state index contributed by atoms with van der Waals surface area (Å²) in [6.45, 7) is 0.910. The molecule has 2 fully saturated rings. The van der Waals surface area contributed by atoms with Gasteiger partial charge < -0.3 is 10.0 Å². The molecule has 0 aromatic carbocycles. The minimum Gasteiger partial charge on any atom is -0.481 e. The highest BCUT2D eigenvalue weighted by atomic mass is 16.4. The van der Waals surface area contributed by atoms with E-state index in [1.807, 2.05) is 4.90 Å². The molecule has 2 aliphatic rings. The van der Waals surface area contributed by atoms with Gasteiger partial charge in [-0.25, -0.2) is 0 Å². The number of carboxylic acid groups (broad SMARTS) is 1. The van der Waals surface area contributed by atoms with Crippen LogP contribution < -0.4 is 0 Å². The van der Waals surface area contributed by atoms with Gasteiger partial charge in [0, 0.05) is 25.4 Å². The van der Waals surface area contributed by atoms with E-state index in [-0.39, 0.29) is 0 Å². The average molecular weight is 225 g/mol. The van der Waals surface area contributed by atoms with Crippen LogP contribution in [-0.4, -0.2) is 34.5 Å². The first-order valence-corrected chi connectivity index (χ1v) is 6.18. The lowest BCUT2D eigenvalue weighted by molar-refractivity contribution is -0.139. The van der Waals surface area contributed by atoms with Gasteiger partial charge in [0.15, 0.2) is 0 Å². The molecule has 0 aromatic rings. The summed E-state index contributed by atoms with van der Waals surface area (Å²) in [6.07, 6.45) is 5.89. The van der Waals surface area contributed by atoms with E-state index in [4.69, 9.17) is 5.11 Å². The van der Waals surface area contributed by atoms with Gasteiger partial charge in [0.2, 0.25) is 5.91 Å². The van der Waals surface area contributed by atoms with Gasteiger partial charge in [0.1, 0.15) is 0 Å². The summed E-state index contributed by atoms with van der Waals surface area (Å²) in [7, 11) is 0. The first-order valence-electron chi connectivity index (χ1n) is 6.18. The van der Waals surface area contributed by atoms with Crippen molar-refractivity contribution in [2.24, 2.45) is 5.92 Å². The summed E-state index contributed by atoms with van der Waals surface area (Å²) in [6, 6.07) is 0.389. The zero-order chi connectivity index (χ0) is 11.5. The number of aliphatic carboxylic acids is 1. The van der Waals surface area contributed by atoms with E-state index in [1.165, 1.54) is 0 Å². The lowest BCUT2D eigenvalue weighted by Gasteiger charge is -2.34. The van der Waals surface area contributed by atoms with Crippen molar-refractivity contribution in [3.63, 3.8) is 0 Å². The van der Waals surface area contributed by atoms with Gasteiger partial charge in [-0.05, 0) is 38.0 Å². The van der Waals surface area contributed by atoms with Crippen molar-refractivity contribution in [2.75, 3.05) is 6.54 Å². The fraction of sp³-hybridized carbons (Fsp3) is 0.833. The Morgan fingerprint density at radius 2 is 2.00 bits per heavy atom. The van der Waals surface area contributed by atoms with Crippen molar-refractivity contribution in [3.8, 4) is 0 Å². The van der Waals surface area contributed by atoms with Crippen LogP contribution in [0.15, 0.2) is 0 Å². The van der Waals surface area contributed by atoms with Gasteiger partial charge in [0.05, 0.1) is 0 Å². The Morgan fingerprint density at radius 3 is 2.50 bits per heavy atom. The highest BCUT2D eigenvalue weighted by molar-refractivity contribution is 5.78. The second-order valence-electron chi connectivity index (χ2n) is 4.96. The topological polar surface area (TPSA) is 57.6 Å². The molecule has 1 heterocycles. The van der Waals surface area contributed by atoms with Gasteiger partial charge in [-0.2, -0.15) is 0 Å². The number of nitrogens with zero attached hydrogens (tertiary/aromatic N) is 1. The Morgan fingerprint density at radius 1 is 1.31 bits per heavy atom. The highest BCUT2D eigenvalue weighted by Crippen LogP contribution is 2.31. The van der Waals surface area contributed by atoms with E-state index in [0.717, 1.165) is 38.6 Å². The summed E-state index contributed by atoms with van der Waals surface area (Å²) in [5.41, 5.74) is 0. The second kappa shape index (κ2) is 4.85. The van der Waals surface area contributed by atoms with Crippen LogP contribution in [0.5, 0.6) is 0 Å². The van der Waals surface area contributed by atoms with Crippen molar-refractivity contribution in [2.45, 2.75) is 51.0 Å². The third kappa shape index (κ3) is 2.54. The van der Waals surface area contributed by atoms with Crippen molar-refractivity contribution in [3.05, 3.63) is 0 Å². The van der Waals surface area contributed by atoms with Gasteiger partial charge >= 0.3 is 5.97 Å². The summed E-state index contributed by atoms with van der Waals surface area (Å²) < 4.78 is 0. The van der Waals surface area contributed by atoms with Crippen LogP contribution in [-0.2, 0) is 9.59 Å². The molecule has 1 saturated heterocycles. The predicted molar refractivity (Wildman–Crippen MR) is 58.9 cm³/mol. The predicted octanol–water partition coefficient (Wildman–Crippen LogP) is 1.64. The zero-order valence-corrected chi connectivity index (χ0v) is 9.52. The number of carboxylic acids is 1. The zero-order valence-electron chi connectivity index (χ0n) is 9.52. The quantitative estimate of drug-likeness (QED) is 0.794. The SMILES string of the molecule is O=C(O)CC1CCC(N2CCCC2=O)CC1. The standard InChI is InChI=1S/C12H19NO3/c14-11-2-1-7-13(11)10-5-3-9(4-6-10)8-12(15)16/h9-10H,1-8H2,(H,15,16). The van der Waals surface area contributed by atoms with E-state index in [1.54, 1.807) is 0 Å². The molecular weight excluding hydrogens is 206 g/mol. The van der Waals surface area contributed by atoms with Crippen LogP contribution in [0.1, 0.15) is 44.9 Å². The van der Waals surface area contributed by atoms with Crippen molar-refractivity contribution < 1.29 is 14.7 Å².